The number of amides is 1. The third-order valence-electron chi connectivity index (χ3n) is 5.29. The van der Waals surface area contributed by atoms with E-state index in [2.05, 4.69) is 4.98 Å². The molecule has 1 saturated heterocycles. The van der Waals surface area contributed by atoms with Crippen LogP contribution in [0, 0.1) is 6.92 Å². The largest absolute Gasteiger partial charge is 0.389 e. The number of carbonyl (C=O) groups is 1. The lowest BCUT2D eigenvalue weighted by atomic mass is 10.1. The molecular formula is C19H21Cl2N5O5S. The topological polar surface area (TPSA) is 112 Å². The van der Waals surface area contributed by atoms with Gasteiger partial charge in [0, 0.05) is 18.5 Å². The number of aliphatic hydroxyl groups excluding tert-OH is 1. The van der Waals surface area contributed by atoms with Gasteiger partial charge >= 0.3 is 5.69 Å². The molecule has 10 nitrogen and oxygen atoms in total. The van der Waals surface area contributed by atoms with Gasteiger partial charge in [0.1, 0.15) is 28.5 Å². The molecule has 0 bridgehead atoms. The number of rotatable bonds is 5. The Morgan fingerprint density at radius 2 is 2.03 bits per heavy atom. The van der Waals surface area contributed by atoms with Crippen LogP contribution < -0.4 is 11.2 Å². The van der Waals surface area contributed by atoms with Gasteiger partial charge in [-0.2, -0.15) is 0 Å². The van der Waals surface area contributed by atoms with Crippen molar-refractivity contribution in [3.05, 3.63) is 47.4 Å². The summed E-state index contributed by atoms with van der Waals surface area (Å²) in [5.74, 6) is -0.0378. The Bertz CT molecular complexity index is 1340. The fourth-order valence-electron chi connectivity index (χ4n) is 3.70. The number of aliphatic hydroxyl groups is 1. The van der Waals surface area contributed by atoms with Crippen LogP contribution >= 0.6 is 34.5 Å². The molecule has 0 radical (unpaired) electrons. The third kappa shape index (κ3) is 3.67. The van der Waals surface area contributed by atoms with E-state index >= 15 is 0 Å². The number of fused-ring (bicyclic) bond motifs is 1. The number of halogens is 2. The second kappa shape index (κ2) is 8.64. The first-order valence-electron chi connectivity index (χ1n) is 9.91. The molecule has 1 aliphatic heterocycles. The number of hydrogen-bond donors (Lipinski definition) is 1. The molecule has 0 aromatic carbocycles. The minimum Gasteiger partial charge on any atom is -0.389 e. The molecule has 0 unspecified atom stereocenters. The molecule has 1 amide bonds. The van der Waals surface area contributed by atoms with Gasteiger partial charge < -0.3 is 9.67 Å². The van der Waals surface area contributed by atoms with Crippen LogP contribution in [0.5, 0.6) is 0 Å². The van der Waals surface area contributed by atoms with Crippen molar-refractivity contribution in [2.75, 3.05) is 13.2 Å². The van der Waals surface area contributed by atoms with Crippen molar-refractivity contribution in [1.29, 1.82) is 0 Å². The standard InChI is InChI=1S/C19H21Cl2N5O5S/c1-4-5-24-18-13(16(28)23(3)19(24)30)12(17(29)26-6-10(27)8-31-26)11(32-18)7-25-9(2)22-14(20)15(25)21/h10,27H,4-8H2,1-3H3/t10-/m0/s1. The summed E-state index contributed by atoms with van der Waals surface area (Å²) in [6, 6.07) is 0. The molecule has 172 valence electrons. The third-order valence-corrected chi connectivity index (χ3v) is 7.23. The quantitative estimate of drug-likeness (QED) is 0.570. The molecule has 13 heteroatoms. The summed E-state index contributed by atoms with van der Waals surface area (Å²) in [5.41, 5.74) is -0.914. The average molecular weight is 502 g/mol. The van der Waals surface area contributed by atoms with Crippen LogP contribution in [0.3, 0.4) is 0 Å². The van der Waals surface area contributed by atoms with Crippen LogP contribution in [0.4, 0.5) is 0 Å². The van der Waals surface area contributed by atoms with Crippen molar-refractivity contribution in [3.8, 4) is 0 Å². The summed E-state index contributed by atoms with van der Waals surface area (Å²) < 4.78 is 4.12. The SMILES string of the molecule is CCCn1c(=O)n(C)c(=O)c2c(C(=O)N3C[C@H](O)CO3)c(Cn3c(C)nc(Cl)c3Cl)sc21. The molecule has 4 rings (SSSR count). The number of aromatic nitrogens is 4. The number of nitrogens with zero attached hydrogens (tertiary/aromatic N) is 5. The highest BCUT2D eigenvalue weighted by molar-refractivity contribution is 7.19. The fourth-order valence-corrected chi connectivity index (χ4v) is 5.44. The van der Waals surface area contributed by atoms with Gasteiger partial charge in [0.2, 0.25) is 0 Å². The van der Waals surface area contributed by atoms with E-state index < -0.39 is 23.3 Å². The zero-order chi connectivity index (χ0) is 23.3. The number of hydrogen-bond acceptors (Lipinski definition) is 7. The first-order valence-corrected chi connectivity index (χ1v) is 11.5. The number of imidazole rings is 1. The fraction of sp³-hybridized carbons (Fsp3) is 0.474. The van der Waals surface area contributed by atoms with Crippen molar-refractivity contribution in [1.82, 2.24) is 23.7 Å². The predicted molar refractivity (Wildman–Crippen MR) is 121 cm³/mol. The van der Waals surface area contributed by atoms with Gasteiger partial charge in [-0.05, 0) is 13.3 Å². The lowest BCUT2D eigenvalue weighted by Crippen LogP contribution is -2.38. The van der Waals surface area contributed by atoms with Crippen LogP contribution in [0.25, 0.3) is 10.2 Å². The van der Waals surface area contributed by atoms with E-state index in [0.29, 0.717) is 28.5 Å². The van der Waals surface area contributed by atoms with Crippen LogP contribution in [-0.4, -0.2) is 54.0 Å². The Morgan fingerprint density at radius 1 is 1.31 bits per heavy atom. The van der Waals surface area contributed by atoms with E-state index in [4.69, 9.17) is 28.0 Å². The molecule has 0 saturated carbocycles. The minimum atomic E-state index is -0.822. The summed E-state index contributed by atoms with van der Waals surface area (Å²) in [4.78, 5) is 49.7. The Morgan fingerprint density at radius 3 is 2.59 bits per heavy atom. The van der Waals surface area contributed by atoms with Gasteiger partial charge in [-0.25, -0.2) is 14.8 Å². The van der Waals surface area contributed by atoms with E-state index in [-0.39, 0.29) is 41.0 Å². The van der Waals surface area contributed by atoms with Crippen LogP contribution in [-0.2, 0) is 25.0 Å². The Balaban J connectivity index is 2.00. The summed E-state index contributed by atoms with van der Waals surface area (Å²) in [6.07, 6.45) is -0.162. The summed E-state index contributed by atoms with van der Waals surface area (Å²) in [5, 5.41) is 11.3. The highest BCUT2D eigenvalue weighted by Crippen LogP contribution is 2.33. The van der Waals surface area contributed by atoms with Gasteiger partial charge in [0.05, 0.1) is 24.0 Å². The predicted octanol–water partition coefficient (Wildman–Crippen LogP) is 1.78. The minimum absolute atomic E-state index is 0.0240. The molecule has 0 spiro atoms. The monoisotopic (exact) mass is 501 g/mol. The molecule has 1 N–H and O–H groups in total. The zero-order valence-electron chi connectivity index (χ0n) is 17.6. The van der Waals surface area contributed by atoms with Crippen molar-refractivity contribution >= 4 is 50.7 Å². The van der Waals surface area contributed by atoms with Crippen molar-refractivity contribution in [2.24, 2.45) is 7.05 Å². The first kappa shape index (κ1) is 23.0. The first-order chi connectivity index (χ1) is 15.1. The molecule has 1 fully saturated rings. The van der Waals surface area contributed by atoms with Gasteiger partial charge in [0.15, 0.2) is 5.15 Å². The second-order valence-electron chi connectivity index (χ2n) is 7.52. The van der Waals surface area contributed by atoms with E-state index in [1.165, 1.54) is 23.0 Å². The second-order valence-corrected chi connectivity index (χ2v) is 9.32. The molecule has 4 heterocycles. The molecule has 1 aliphatic rings. The Labute approximate surface area is 196 Å². The van der Waals surface area contributed by atoms with E-state index in [9.17, 15) is 19.5 Å². The number of β-amino-alcohol motifs (C(OH)–C–C–N with tert-alkyl or cyclic N) is 1. The van der Waals surface area contributed by atoms with E-state index in [1.807, 2.05) is 6.92 Å². The van der Waals surface area contributed by atoms with Crippen molar-refractivity contribution in [3.63, 3.8) is 0 Å². The molecular weight excluding hydrogens is 481 g/mol. The van der Waals surface area contributed by atoms with Gasteiger partial charge in [-0.3, -0.25) is 23.6 Å². The zero-order valence-corrected chi connectivity index (χ0v) is 19.9. The van der Waals surface area contributed by atoms with Crippen molar-refractivity contribution in [2.45, 2.75) is 39.5 Å². The van der Waals surface area contributed by atoms with Gasteiger partial charge in [-0.15, -0.1) is 11.3 Å². The molecule has 3 aromatic heterocycles. The van der Waals surface area contributed by atoms with Crippen molar-refractivity contribution < 1.29 is 14.7 Å². The lowest BCUT2D eigenvalue weighted by Gasteiger charge is -2.15. The molecule has 3 aromatic rings. The maximum atomic E-state index is 13.4. The maximum Gasteiger partial charge on any atom is 0.331 e. The summed E-state index contributed by atoms with van der Waals surface area (Å²) in [6.45, 7) is 4.08. The highest BCUT2D eigenvalue weighted by Gasteiger charge is 2.33. The number of hydroxylamine groups is 2. The van der Waals surface area contributed by atoms with Crippen LogP contribution in [0.2, 0.25) is 10.3 Å². The Kier molecular flexibility index (Phi) is 6.21. The maximum absolute atomic E-state index is 13.4. The number of thiophene rings is 1. The normalized spacial score (nSPS) is 16.4. The molecule has 32 heavy (non-hydrogen) atoms. The summed E-state index contributed by atoms with van der Waals surface area (Å²) >= 11 is 13.5. The number of carbonyl (C=O) groups excluding carboxylic acids is 1. The lowest BCUT2D eigenvalue weighted by molar-refractivity contribution is -0.0778. The number of aryl methyl sites for hydroxylation is 2. The van der Waals surface area contributed by atoms with Gasteiger partial charge in [0.25, 0.3) is 11.5 Å². The van der Waals surface area contributed by atoms with E-state index in [1.54, 1.807) is 11.5 Å². The van der Waals surface area contributed by atoms with E-state index in [0.717, 1.165) is 9.63 Å². The van der Waals surface area contributed by atoms with Crippen LogP contribution in [0.15, 0.2) is 9.59 Å². The molecule has 1 atom stereocenters. The van der Waals surface area contributed by atoms with Gasteiger partial charge in [-0.1, -0.05) is 30.1 Å². The molecule has 0 aliphatic carbocycles. The smallest absolute Gasteiger partial charge is 0.331 e. The van der Waals surface area contributed by atoms with Crippen LogP contribution in [0.1, 0.15) is 34.4 Å². The Hall–Kier alpha value is -2.18. The highest BCUT2D eigenvalue weighted by atomic mass is 35.5. The average Bonchev–Trinajstić information content (AvgIpc) is 3.42. The summed E-state index contributed by atoms with van der Waals surface area (Å²) in [7, 11) is 1.38.